The van der Waals surface area contributed by atoms with Crippen LogP contribution in [0.2, 0.25) is 0 Å². The molecule has 4 heteroatoms. The first kappa shape index (κ1) is 11.3. The fraction of sp³-hybridized carbons (Fsp3) is 0.692. The average Bonchev–Trinajstić information content (AvgIpc) is 2.66. The maximum Gasteiger partial charge on any atom is 0.110 e. The molecule has 94 valence electrons. The van der Waals surface area contributed by atoms with Crippen molar-refractivity contribution < 1.29 is 9.15 Å². The van der Waals surface area contributed by atoms with E-state index < -0.39 is 0 Å². The first-order chi connectivity index (χ1) is 8.34. The van der Waals surface area contributed by atoms with Gasteiger partial charge in [0.1, 0.15) is 11.5 Å². The standard InChI is InChI=1S/C13H20N2O2/c1-10-2-3-13(17-10)11-8-14-4-5-15-6-7-16-9-12(11)15/h2-3,11-12,14H,4-9H2,1H3. The number of nitrogens with one attached hydrogen (secondary N) is 1. The van der Waals surface area contributed by atoms with E-state index in [9.17, 15) is 0 Å². The molecule has 3 heterocycles. The molecule has 17 heavy (non-hydrogen) atoms. The fourth-order valence-corrected chi connectivity index (χ4v) is 2.86. The molecule has 0 radical (unpaired) electrons. The second-order valence-electron chi connectivity index (χ2n) is 4.94. The van der Waals surface area contributed by atoms with Crippen molar-refractivity contribution in [1.82, 2.24) is 10.2 Å². The van der Waals surface area contributed by atoms with Crippen LogP contribution >= 0.6 is 0 Å². The van der Waals surface area contributed by atoms with Crippen LogP contribution < -0.4 is 5.32 Å². The lowest BCUT2D eigenvalue weighted by molar-refractivity contribution is -0.0129. The van der Waals surface area contributed by atoms with Crippen LogP contribution in [0.25, 0.3) is 0 Å². The van der Waals surface area contributed by atoms with Crippen molar-refractivity contribution in [2.24, 2.45) is 0 Å². The van der Waals surface area contributed by atoms with E-state index in [4.69, 9.17) is 9.15 Å². The summed E-state index contributed by atoms with van der Waals surface area (Å²) in [5.74, 6) is 2.50. The molecule has 0 amide bonds. The summed E-state index contributed by atoms with van der Waals surface area (Å²) in [5.41, 5.74) is 0. The molecule has 4 nitrogen and oxygen atoms in total. The van der Waals surface area contributed by atoms with Gasteiger partial charge in [-0.05, 0) is 19.1 Å². The second kappa shape index (κ2) is 4.80. The van der Waals surface area contributed by atoms with Crippen LogP contribution in [-0.2, 0) is 4.74 Å². The molecule has 2 unspecified atom stereocenters. The van der Waals surface area contributed by atoms with E-state index in [1.54, 1.807) is 0 Å². The summed E-state index contributed by atoms with van der Waals surface area (Å²) in [4.78, 5) is 2.53. The van der Waals surface area contributed by atoms with Gasteiger partial charge in [-0.2, -0.15) is 0 Å². The van der Waals surface area contributed by atoms with E-state index in [-0.39, 0.29) is 0 Å². The molecular weight excluding hydrogens is 216 g/mol. The number of hydrogen-bond acceptors (Lipinski definition) is 4. The van der Waals surface area contributed by atoms with Crippen LogP contribution in [0, 0.1) is 6.92 Å². The normalized spacial score (nSPS) is 30.9. The molecule has 2 aliphatic rings. The van der Waals surface area contributed by atoms with Crippen molar-refractivity contribution in [2.75, 3.05) is 39.4 Å². The molecule has 3 rings (SSSR count). The Balaban J connectivity index is 1.85. The van der Waals surface area contributed by atoms with Gasteiger partial charge in [-0.1, -0.05) is 0 Å². The zero-order valence-electron chi connectivity index (χ0n) is 10.3. The third-order valence-corrected chi connectivity index (χ3v) is 3.81. The van der Waals surface area contributed by atoms with Crippen LogP contribution in [0.1, 0.15) is 17.4 Å². The summed E-state index contributed by atoms with van der Waals surface area (Å²) >= 11 is 0. The lowest BCUT2D eigenvalue weighted by atomic mass is 9.96. The number of hydrogen-bond donors (Lipinski definition) is 1. The Kier molecular flexibility index (Phi) is 3.18. The summed E-state index contributed by atoms with van der Waals surface area (Å²) in [6.07, 6.45) is 0. The minimum absolute atomic E-state index is 0.409. The molecule has 1 aromatic rings. The topological polar surface area (TPSA) is 37.6 Å². The third kappa shape index (κ3) is 2.25. The molecule has 2 saturated heterocycles. The van der Waals surface area contributed by atoms with E-state index in [1.807, 2.05) is 13.0 Å². The molecule has 2 aliphatic heterocycles. The molecular formula is C13H20N2O2. The lowest BCUT2D eigenvalue weighted by Gasteiger charge is -2.37. The van der Waals surface area contributed by atoms with Gasteiger partial charge in [0.2, 0.25) is 0 Å². The smallest absolute Gasteiger partial charge is 0.110 e. The monoisotopic (exact) mass is 236 g/mol. The quantitative estimate of drug-likeness (QED) is 0.788. The Bertz CT molecular complexity index is 377. The predicted octanol–water partition coefficient (Wildman–Crippen LogP) is 0.976. The van der Waals surface area contributed by atoms with Crippen molar-refractivity contribution in [3.63, 3.8) is 0 Å². The predicted molar refractivity (Wildman–Crippen MR) is 65.2 cm³/mol. The average molecular weight is 236 g/mol. The van der Waals surface area contributed by atoms with E-state index >= 15 is 0 Å². The fourth-order valence-electron chi connectivity index (χ4n) is 2.86. The molecule has 0 saturated carbocycles. The van der Waals surface area contributed by atoms with Crippen molar-refractivity contribution in [3.05, 3.63) is 23.7 Å². The van der Waals surface area contributed by atoms with Crippen LogP contribution in [0.3, 0.4) is 0 Å². The van der Waals surface area contributed by atoms with Gasteiger partial charge in [0.15, 0.2) is 0 Å². The van der Waals surface area contributed by atoms with Crippen LogP contribution in [0.4, 0.5) is 0 Å². The van der Waals surface area contributed by atoms with Gasteiger partial charge >= 0.3 is 0 Å². The molecule has 2 atom stereocenters. The number of aryl methyl sites for hydroxylation is 1. The van der Waals surface area contributed by atoms with Crippen molar-refractivity contribution in [1.29, 1.82) is 0 Å². The Morgan fingerprint density at radius 1 is 1.35 bits per heavy atom. The molecule has 2 fully saturated rings. The first-order valence-corrected chi connectivity index (χ1v) is 6.43. The summed E-state index contributed by atoms with van der Waals surface area (Å²) in [6, 6.07) is 4.62. The highest BCUT2D eigenvalue weighted by Gasteiger charge is 2.34. The Morgan fingerprint density at radius 3 is 3.12 bits per heavy atom. The summed E-state index contributed by atoms with van der Waals surface area (Å²) < 4.78 is 11.4. The number of fused-ring (bicyclic) bond motifs is 1. The van der Waals surface area contributed by atoms with E-state index in [2.05, 4.69) is 16.3 Å². The van der Waals surface area contributed by atoms with Gasteiger partial charge in [-0.25, -0.2) is 0 Å². The highest BCUT2D eigenvalue weighted by molar-refractivity contribution is 5.14. The molecule has 0 aliphatic carbocycles. The lowest BCUT2D eigenvalue weighted by Crippen LogP contribution is -2.48. The maximum absolute atomic E-state index is 5.81. The van der Waals surface area contributed by atoms with E-state index in [1.165, 1.54) is 0 Å². The Morgan fingerprint density at radius 2 is 2.29 bits per heavy atom. The molecule has 0 bridgehead atoms. The van der Waals surface area contributed by atoms with Gasteiger partial charge in [-0.3, -0.25) is 4.90 Å². The van der Waals surface area contributed by atoms with Crippen LogP contribution in [0.15, 0.2) is 16.5 Å². The highest BCUT2D eigenvalue weighted by atomic mass is 16.5. The number of morpholine rings is 1. The van der Waals surface area contributed by atoms with Gasteiger partial charge in [-0.15, -0.1) is 0 Å². The minimum Gasteiger partial charge on any atom is -0.466 e. The number of nitrogens with zero attached hydrogens (tertiary/aromatic N) is 1. The second-order valence-corrected chi connectivity index (χ2v) is 4.94. The third-order valence-electron chi connectivity index (χ3n) is 3.81. The molecule has 1 aromatic heterocycles. The summed E-state index contributed by atoms with van der Waals surface area (Å²) in [6.45, 7) is 7.90. The van der Waals surface area contributed by atoms with Gasteiger partial charge < -0.3 is 14.5 Å². The van der Waals surface area contributed by atoms with Gasteiger partial charge in [0.05, 0.1) is 13.2 Å². The number of ether oxygens (including phenoxy) is 1. The molecule has 0 spiro atoms. The zero-order chi connectivity index (χ0) is 11.7. The molecule has 0 aromatic carbocycles. The highest BCUT2D eigenvalue weighted by Crippen LogP contribution is 2.28. The van der Waals surface area contributed by atoms with Crippen molar-refractivity contribution in [3.8, 4) is 0 Å². The van der Waals surface area contributed by atoms with Gasteiger partial charge in [0.25, 0.3) is 0 Å². The maximum atomic E-state index is 5.81. The van der Waals surface area contributed by atoms with Gasteiger partial charge in [0, 0.05) is 38.1 Å². The Hall–Kier alpha value is -0.840. The van der Waals surface area contributed by atoms with Crippen molar-refractivity contribution in [2.45, 2.75) is 18.9 Å². The summed E-state index contributed by atoms with van der Waals surface area (Å²) in [7, 11) is 0. The molecule has 1 N–H and O–H groups in total. The summed E-state index contributed by atoms with van der Waals surface area (Å²) in [5, 5.41) is 3.50. The minimum atomic E-state index is 0.409. The first-order valence-electron chi connectivity index (χ1n) is 6.43. The van der Waals surface area contributed by atoms with Crippen molar-refractivity contribution >= 4 is 0 Å². The SMILES string of the molecule is Cc1ccc(C2CNCCN3CCOCC23)o1. The van der Waals surface area contributed by atoms with E-state index in [0.29, 0.717) is 12.0 Å². The number of furan rings is 1. The van der Waals surface area contributed by atoms with Crippen LogP contribution in [-0.4, -0.2) is 50.3 Å². The van der Waals surface area contributed by atoms with E-state index in [0.717, 1.165) is 50.9 Å². The number of rotatable bonds is 1. The largest absolute Gasteiger partial charge is 0.466 e. The van der Waals surface area contributed by atoms with Crippen LogP contribution in [0.5, 0.6) is 0 Å². The zero-order valence-corrected chi connectivity index (χ0v) is 10.3. The Labute approximate surface area is 102 Å².